The highest BCUT2D eigenvalue weighted by Crippen LogP contribution is 2.45. The summed E-state index contributed by atoms with van der Waals surface area (Å²) in [6, 6.07) is 21.4. The Hall–Kier alpha value is -4.81. The number of alkyl carbamates (subject to hydrolysis) is 1. The number of halogens is 1. The van der Waals surface area contributed by atoms with Crippen LogP contribution in [0.3, 0.4) is 0 Å². The molecule has 3 heterocycles. The van der Waals surface area contributed by atoms with Gasteiger partial charge in [-0.2, -0.15) is 0 Å². The zero-order chi connectivity index (χ0) is 39.6. The lowest BCUT2D eigenvalue weighted by Gasteiger charge is -2.40. The Balaban J connectivity index is 0.900. The van der Waals surface area contributed by atoms with Gasteiger partial charge in [-0.25, -0.2) is 19.6 Å². The lowest BCUT2D eigenvalue weighted by atomic mass is 9.80. The number of hydrogen-bond acceptors (Lipinski definition) is 9. The number of piperidine rings is 2. The minimum Gasteiger partial charge on any atom is -0.444 e. The highest BCUT2D eigenvalue weighted by molar-refractivity contribution is 7.99. The smallest absolute Gasteiger partial charge is 0.410 e. The summed E-state index contributed by atoms with van der Waals surface area (Å²) in [5, 5.41) is 7.08. The molecule has 0 bridgehead atoms. The molecule has 3 aromatic carbocycles. The Morgan fingerprint density at radius 3 is 2.23 bits per heavy atom. The SMILES string of the molecule is CC1CC(C(=O)Nc2cccc(Sc3cnc(N4CCC(C)(CNC(=O)OC(C)(C)C)CC4)cn3)c2Cl)CCN1C(=O)OC1c2ccccc2-c2ccccc21. The van der Waals surface area contributed by atoms with Crippen molar-refractivity contribution in [1.82, 2.24) is 20.2 Å². The molecular formula is C43H49ClN6O5S. The number of rotatable bonds is 8. The molecule has 1 aromatic heterocycles. The molecule has 0 radical (unpaired) electrons. The van der Waals surface area contributed by atoms with E-state index in [1.165, 1.54) is 11.8 Å². The summed E-state index contributed by atoms with van der Waals surface area (Å²) < 4.78 is 11.5. The van der Waals surface area contributed by atoms with Crippen LogP contribution in [0.5, 0.6) is 0 Å². The van der Waals surface area contributed by atoms with Crippen LogP contribution in [0.1, 0.15) is 77.5 Å². The molecule has 7 rings (SSSR count). The molecule has 13 heteroatoms. The molecule has 56 heavy (non-hydrogen) atoms. The molecule has 2 atom stereocenters. The number of likely N-dealkylation sites (tertiary alicyclic amines) is 1. The number of amides is 3. The lowest BCUT2D eigenvalue weighted by Crippen LogP contribution is -2.47. The van der Waals surface area contributed by atoms with Crippen molar-refractivity contribution in [2.24, 2.45) is 11.3 Å². The molecule has 2 fully saturated rings. The minimum absolute atomic E-state index is 0.0336. The van der Waals surface area contributed by atoms with Crippen molar-refractivity contribution in [2.75, 3.05) is 36.4 Å². The van der Waals surface area contributed by atoms with Crippen LogP contribution in [-0.4, -0.2) is 70.8 Å². The quantitative estimate of drug-likeness (QED) is 0.179. The first-order valence-corrected chi connectivity index (χ1v) is 20.4. The van der Waals surface area contributed by atoms with E-state index in [1.54, 1.807) is 23.4 Å². The molecule has 4 aromatic rings. The van der Waals surface area contributed by atoms with Gasteiger partial charge in [-0.15, -0.1) is 0 Å². The van der Waals surface area contributed by atoms with Gasteiger partial charge in [0.2, 0.25) is 5.91 Å². The van der Waals surface area contributed by atoms with Crippen molar-refractivity contribution in [3.8, 4) is 11.1 Å². The summed E-state index contributed by atoms with van der Waals surface area (Å²) in [5.41, 5.74) is 4.10. The van der Waals surface area contributed by atoms with E-state index in [-0.39, 0.29) is 29.4 Å². The fraction of sp³-hybridized carbons (Fsp3) is 0.419. The predicted octanol–water partition coefficient (Wildman–Crippen LogP) is 9.36. The summed E-state index contributed by atoms with van der Waals surface area (Å²) in [6.45, 7) is 12.3. The number of fused-ring (bicyclic) bond motifs is 3. The van der Waals surface area contributed by atoms with Crippen LogP contribution < -0.4 is 15.5 Å². The Morgan fingerprint density at radius 2 is 1.61 bits per heavy atom. The first-order valence-electron chi connectivity index (χ1n) is 19.2. The summed E-state index contributed by atoms with van der Waals surface area (Å²) >= 11 is 8.23. The molecular weight excluding hydrogens is 748 g/mol. The van der Waals surface area contributed by atoms with Gasteiger partial charge in [0.05, 0.1) is 23.1 Å². The average molecular weight is 797 g/mol. The maximum Gasteiger partial charge on any atom is 0.410 e. The first kappa shape index (κ1) is 39.4. The fourth-order valence-corrected chi connectivity index (χ4v) is 8.77. The highest BCUT2D eigenvalue weighted by atomic mass is 35.5. The molecule has 0 spiro atoms. The van der Waals surface area contributed by atoms with Crippen LogP contribution in [0.4, 0.5) is 21.1 Å². The number of benzene rings is 3. The van der Waals surface area contributed by atoms with E-state index >= 15 is 0 Å². The molecule has 1 aliphatic carbocycles. The topological polar surface area (TPSA) is 126 Å². The molecule has 11 nitrogen and oxygen atoms in total. The van der Waals surface area contributed by atoms with Gasteiger partial charge >= 0.3 is 12.2 Å². The Labute approximate surface area is 337 Å². The first-order chi connectivity index (χ1) is 26.8. The number of ether oxygens (including phenoxy) is 2. The predicted molar refractivity (Wildman–Crippen MR) is 219 cm³/mol. The standard InChI is InChI=1S/C43H49ClN6O5S/c1-27-23-28(17-20-50(27)41(53)54-38-31-13-8-6-11-29(31)30-12-7-9-14-32(30)38)39(51)48-33-15-10-16-34(37(33)44)56-36-25-45-35(24-46-36)49-21-18-43(5,19-22-49)26-47-40(52)55-42(2,3)4/h6-16,24-25,27-28,38H,17-23,26H2,1-5H3,(H,47,52)(H,48,51). The van der Waals surface area contributed by atoms with Crippen LogP contribution in [0, 0.1) is 11.3 Å². The molecule has 2 N–H and O–H groups in total. The number of nitrogens with zero attached hydrogens (tertiary/aromatic N) is 4. The van der Waals surface area contributed by atoms with Crippen LogP contribution >= 0.6 is 23.4 Å². The highest BCUT2D eigenvalue weighted by Gasteiger charge is 2.37. The zero-order valence-corrected chi connectivity index (χ0v) is 34.1. The summed E-state index contributed by atoms with van der Waals surface area (Å²) in [5.74, 6) is 0.378. The van der Waals surface area contributed by atoms with E-state index in [4.69, 9.17) is 26.1 Å². The largest absolute Gasteiger partial charge is 0.444 e. The van der Waals surface area contributed by atoms with E-state index in [0.29, 0.717) is 41.7 Å². The third-order valence-corrected chi connectivity index (χ3v) is 12.4. The van der Waals surface area contributed by atoms with Crippen molar-refractivity contribution < 1.29 is 23.9 Å². The fourth-order valence-electron chi connectivity index (χ4n) is 7.70. The number of anilines is 2. The van der Waals surface area contributed by atoms with Gasteiger partial charge in [0.1, 0.15) is 16.4 Å². The Bertz CT molecular complexity index is 2040. The van der Waals surface area contributed by atoms with Crippen molar-refractivity contribution >= 4 is 53.0 Å². The van der Waals surface area contributed by atoms with E-state index < -0.39 is 17.8 Å². The molecule has 294 valence electrons. The summed E-state index contributed by atoms with van der Waals surface area (Å²) in [6.07, 6.45) is 5.09. The normalized spacial score (nSPS) is 19.1. The van der Waals surface area contributed by atoms with Crippen LogP contribution in [0.2, 0.25) is 5.02 Å². The second-order valence-electron chi connectivity index (χ2n) is 16.3. The Kier molecular flexibility index (Phi) is 11.5. The van der Waals surface area contributed by atoms with Crippen LogP contribution in [0.15, 0.2) is 89.0 Å². The summed E-state index contributed by atoms with van der Waals surface area (Å²) in [4.78, 5) is 53.3. The molecule has 2 aliphatic heterocycles. The van der Waals surface area contributed by atoms with Gasteiger partial charge in [-0.3, -0.25) is 4.79 Å². The number of carbonyl (C=O) groups excluding carboxylic acids is 3. The van der Waals surface area contributed by atoms with Crippen molar-refractivity contribution in [3.63, 3.8) is 0 Å². The number of aromatic nitrogens is 2. The van der Waals surface area contributed by atoms with Gasteiger partial charge in [0.15, 0.2) is 6.10 Å². The lowest BCUT2D eigenvalue weighted by molar-refractivity contribution is -0.121. The van der Waals surface area contributed by atoms with Gasteiger partial charge < -0.3 is 29.9 Å². The maximum absolute atomic E-state index is 13.5. The average Bonchev–Trinajstić information content (AvgIpc) is 3.48. The number of hydrogen-bond donors (Lipinski definition) is 2. The Morgan fingerprint density at radius 1 is 0.929 bits per heavy atom. The van der Waals surface area contributed by atoms with E-state index in [9.17, 15) is 14.4 Å². The van der Waals surface area contributed by atoms with Gasteiger partial charge in [-0.1, -0.05) is 84.9 Å². The van der Waals surface area contributed by atoms with Crippen molar-refractivity contribution in [3.05, 3.63) is 95.3 Å². The second kappa shape index (κ2) is 16.3. The van der Waals surface area contributed by atoms with Crippen molar-refractivity contribution in [2.45, 2.75) is 88.0 Å². The third-order valence-electron chi connectivity index (χ3n) is 10.9. The maximum atomic E-state index is 13.5. The van der Waals surface area contributed by atoms with E-state index in [0.717, 1.165) is 58.9 Å². The second-order valence-corrected chi connectivity index (χ2v) is 17.7. The van der Waals surface area contributed by atoms with Gasteiger partial charge in [0.25, 0.3) is 0 Å². The van der Waals surface area contributed by atoms with Crippen molar-refractivity contribution in [1.29, 1.82) is 0 Å². The van der Waals surface area contributed by atoms with Crippen LogP contribution in [-0.2, 0) is 14.3 Å². The molecule has 0 saturated carbocycles. The minimum atomic E-state index is -0.529. The molecule has 3 aliphatic rings. The van der Waals surface area contributed by atoms with E-state index in [2.05, 4.69) is 39.6 Å². The van der Waals surface area contributed by atoms with Crippen LogP contribution in [0.25, 0.3) is 11.1 Å². The van der Waals surface area contributed by atoms with Gasteiger partial charge in [0, 0.05) is 54.2 Å². The van der Waals surface area contributed by atoms with E-state index in [1.807, 2.05) is 76.2 Å². The zero-order valence-electron chi connectivity index (χ0n) is 32.5. The number of carbonyl (C=O) groups is 3. The molecule has 2 saturated heterocycles. The number of nitrogens with one attached hydrogen (secondary N) is 2. The van der Waals surface area contributed by atoms with Gasteiger partial charge in [-0.05, 0) is 82.1 Å². The monoisotopic (exact) mass is 796 g/mol. The summed E-state index contributed by atoms with van der Waals surface area (Å²) in [7, 11) is 0. The molecule has 2 unspecified atom stereocenters. The third kappa shape index (κ3) is 8.92. The molecule has 3 amide bonds.